The maximum absolute atomic E-state index is 12.7. The highest BCUT2D eigenvalue weighted by Gasteiger charge is 2.32. The fourth-order valence-corrected chi connectivity index (χ4v) is 1.91. The molecule has 1 aliphatic rings. The molecule has 0 saturated heterocycles. The predicted octanol–water partition coefficient (Wildman–Crippen LogP) is 2.85. The molecule has 1 atom stereocenters. The molecule has 1 heterocycles. The van der Waals surface area contributed by atoms with E-state index in [0.29, 0.717) is 17.4 Å². The zero-order chi connectivity index (χ0) is 14.2. The number of alkyl halides is 3. The number of hydrogen-bond donors (Lipinski definition) is 2. The van der Waals surface area contributed by atoms with Crippen LogP contribution in [0.15, 0.2) is 36.2 Å². The molecule has 1 aromatic rings. The van der Waals surface area contributed by atoms with Crippen molar-refractivity contribution in [2.45, 2.75) is 26.1 Å². The summed E-state index contributed by atoms with van der Waals surface area (Å²) in [7, 11) is 0. The molecule has 0 amide bonds. The molecule has 104 valence electrons. The lowest BCUT2D eigenvalue weighted by atomic mass is 10.1. The van der Waals surface area contributed by atoms with Gasteiger partial charge in [0.1, 0.15) is 5.82 Å². The molecule has 6 heteroatoms. The third-order valence-electron chi connectivity index (χ3n) is 3.04. The van der Waals surface area contributed by atoms with E-state index in [2.05, 4.69) is 5.43 Å². The Hall–Kier alpha value is -1.69. The van der Waals surface area contributed by atoms with Crippen molar-refractivity contribution in [2.24, 2.45) is 11.7 Å². The van der Waals surface area contributed by atoms with E-state index in [4.69, 9.17) is 5.73 Å². The average molecular weight is 271 g/mol. The second kappa shape index (κ2) is 4.77. The first-order valence-electron chi connectivity index (χ1n) is 6.00. The first-order chi connectivity index (χ1) is 8.79. The fraction of sp³-hybridized carbons (Fsp3) is 0.385. The number of rotatable bonds is 2. The van der Waals surface area contributed by atoms with Gasteiger partial charge in [-0.1, -0.05) is 19.9 Å². The van der Waals surface area contributed by atoms with Crippen molar-refractivity contribution < 1.29 is 13.2 Å². The van der Waals surface area contributed by atoms with E-state index in [1.807, 2.05) is 19.9 Å². The first-order valence-corrected chi connectivity index (χ1v) is 6.00. The molecule has 0 aliphatic carbocycles. The number of nitrogens with zero attached hydrogens (tertiary/aromatic N) is 1. The first kappa shape index (κ1) is 13.7. The molecule has 19 heavy (non-hydrogen) atoms. The van der Waals surface area contributed by atoms with E-state index in [0.717, 1.165) is 12.1 Å². The Morgan fingerprint density at radius 3 is 2.53 bits per heavy atom. The van der Waals surface area contributed by atoms with Crippen LogP contribution >= 0.6 is 0 Å². The van der Waals surface area contributed by atoms with Crippen LogP contribution in [0.2, 0.25) is 0 Å². The highest BCUT2D eigenvalue weighted by atomic mass is 19.4. The van der Waals surface area contributed by atoms with Crippen LogP contribution in [-0.4, -0.2) is 6.04 Å². The van der Waals surface area contributed by atoms with Gasteiger partial charge in [0.05, 0.1) is 17.3 Å². The van der Waals surface area contributed by atoms with Crippen LogP contribution in [-0.2, 0) is 6.18 Å². The van der Waals surface area contributed by atoms with Gasteiger partial charge in [0, 0.05) is 0 Å². The quantitative estimate of drug-likeness (QED) is 0.869. The van der Waals surface area contributed by atoms with Crippen LogP contribution in [0.4, 0.5) is 18.9 Å². The lowest BCUT2D eigenvalue weighted by Crippen LogP contribution is -2.41. The fourth-order valence-electron chi connectivity index (χ4n) is 1.91. The Morgan fingerprint density at radius 2 is 2.00 bits per heavy atom. The SMILES string of the molecule is CC(C)C1C=C(N)N(c2cccc(C(F)(F)F)c2)N1. The summed E-state index contributed by atoms with van der Waals surface area (Å²) in [4.78, 5) is 0. The van der Waals surface area contributed by atoms with Crippen LogP contribution in [0.3, 0.4) is 0 Å². The average Bonchev–Trinajstić information content (AvgIpc) is 2.71. The van der Waals surface area contributed by atoms with Gasteiger partial charge >= 0.3 is 6.18 Å². The van der Waals surface area contributed by atoms with Crippen LogP contribution in [0, 0.1) is 5.92 Å². The molecule has 0 spiro atoms. The van der Waals surface area contributed by atoms with Gasteiger partial charge in [0.15, 0.2) is 0 Å². The highest BCUT2D eigenvalue weighted by Crippen LogP contribution is 2.32. The lowest BCUT2D eigenvalue weighted by molar-refractivity contribution is -0.137. The molecule has 0 fully saturated rings. The van der Waals surface area contributed by atoms with Crippen molar-refractivity contribution in [3.63, 3.8) is 0 Å². The van der Waals surface area contributed by atoms with Crippen molar-refractivity contribution >= 4 is 5.69 Å². The third-order valence-corrected chi connectivity index (χ3v) is 3.04. The van der Waals surface area contributed by atoms with Gasteiger partial charge in [-0.25, -0.2) is 5.43 Å². The molecule has 1 unspecified atom stereocenters. The molecule has 1 aliphatic heterocycles. The van der Waals surface area contributed by atoms with E-state index in [-0.39, 0.29) is 6.04 Å². The van der Waals surface area contributed by atoms with Crippen LogP contribution < -0.4 is 16.2 Å². The van der Waals surface area contributed by atoms with Gasteiger partial charge < -0.3 is 5.73 Å². The number of anilines is 1. The van der Waals surface area contributed by atoms with Crippen LogP contribution in [0.1, 0.15) is 19.4 Å². The maximum atomic E-state index is 12.7. The van der Waals surface area contributed by atoms with Gasteiger partial charge in [-0.15, -0.1) is 0 Å². The number of benzene rings is 1. The number of nitrogens with two attached hydrogens (primary N) is 1. The Morgan fingerprint density at radius 1 is 1.32 bits per heavy atom. The summed E-state index contributed by atoms with van der Waals surface area (Å²) in [6.45, 7) is 4.02. The van der Waals surface area contributed by atoms with Gasteiger partial charge in [0.25, 0.3) is 0 Å². The summed E-state index contributed by atoms with van der Waals surface area (Å²) >= 11 is 0. The van der Waals surface area contributed by atoms with E-state index in [1.165, 1.54) is 11.1 Å². The van der Waals surface area contributed by atoms with Gasteiger partial charge in [0.2, 0.25) is 0 Å². The monoisotopic (exact) mass is 271 g/mol. The van der Waals surface area contributed by atoms with Crippen molar-refractivity contribution in [1.82, 2.24) is 5.43 Å². The second-order valence-electron chi connectivity index (χ2n) is 4.87. The number of hydrazine groups is 1. The normalized spacial score (nSPS) is 20.0. The van der Waals surface area contributed by atoms with Crippen LogP contribution in [0.5, 0.6) is 0 Å². The molecular weight excluding hydrogens is 255 g/mol. The molecule has 0 saturated carbocycles. The molecule has 1 aromatic carbocycles. The summed E-state index contributed by atoms with van der Waals surface area (Å²) in [5.41, 5.74) is 8.62. The van der Waals surface area contributed by atoms with Crippen molar-refractivity contribution in [3.05, 3.63) is 41.7 Å². The summed E-state index contributed by atoms with van der Waals surface area (Å²) in [5.74, 6) is 0.715. The minimum Gasteiger partial charge on any atom is -0.384 e. The lowest BCUT2D eigenvalue weighted by Gasteiger charge is -2.24. The molecule has 0 bridgehead atoms. The Labute approximate surface area is 109 Å². The number of nitrogens with one attached hydrogen (secondary N) is 1. The largest absolute Gasteiger partial charge is 0.416 e. The summed E-state index contributed by atoms with van der Waals surface area (Å²) < 4.78 is 38.0. The van der Waals surface area contributed by atoms with Crippen molar-refractivity contribution in [3.8, 4) is 0 Å². The molecule has 0 aromatic heterocycles. The van der Waals surface area contributed by atoms with E-state index >= 15 is 0 Å². The van der Waals surface area contributed by atoms with Gasteiger partial charge in [-0.2, -0.15) is 13.2 Å². The van der Waals surface area contributed by atoms with E-state index in [9.17, 15) is 13.2 Å². The Kier molecular flexibility index (Phi) is 3.45. The molecule has 3 nitrogen and oxygen atoms in total. The summed E-state index contributed by atoms with van der Waals surface area (Å²) in [5, 5.41) is 1.49. The minimum atomic E-state index is -4.36. The molecular formula is C13H16F3N3. The van der Waals surface area contributed by atoms with Gasteiger partial charge in [-0.05, 0) is 30.2 Å². The standard InChI is InChI=1S/C13H16F3N3/c1-8(2)11-7-12(17)19(18-11)10-5-3-4-9(6-10)13(14,15)16/h3-8,11,18H,17H2,1-2H3. The van der Waals surface area contributed by atoms with E-state index < -0.39 is 11.7 Å². The molecule has 0 radical (unpaired) electrons. The van der Waals surface area contributed by atoms with E-state index in [1.54, 1.807) is 6.07 Å². The number of hydrogen-bond acceptors (Lipinski definition) is 3. The Balaban J connectivity index is 2.27. The smallest absolute Gasteiger partial charge is 0.384 e. The maximum Gasteiger partial charge on any atom is 0.416 e. The zero-order valence-corrected chi connectivity index (χ0v) is 10.7. The molecule has 2 rings (SSSR count). The minimum absolute atomic E-state index is 0.0227. The van der Waals surface area contributed by atoms with Gasteiger partial charge in [-0.3, -0.25) is 5.01 Å². The topological polar surface area (TPSA) is 41.3 Å². The molecule has 3 N–H and O–H groups in total. The summed E-state index contributed by atoms with van der Waals surface area (Å²) in [6.07, 6.45) is -2.55. The Bertz CT molecular complexity index is 494. The van der Waals surface area contributed by atoms with Crippen molar-refractivity contribution in [2.75, 3.05) is 5.01 Å². The highest BCUT2D eigenvalue weighted by molar-refractivity contribution is 5.54. The summed E-state index contributed by atoms with van der Waals surface area (Å²) in [6, 6.07) is 5.10. The number of halogens is 3. The van der Waals surface area contributed by atoms with Crippen LogP contribution in [0.25, 0.3) is 0 Å². The second-order valence-corrected chi connectivity index (χ2v) is 4.87. The predicted molar refractivity (Wildman–Crippen MR) is 68.0 cm³/mol. The van der Waals surface area contributed by atoms with Crippen molar-refractivity contribution in [1.29, 1.82) is 0 Å². The zero-order valence-electron chi connectivity index (χ0n) is 10.7. The third kappa shape index (κ3) is 2.84.